The predicted molar refractivity (Wildman–Crippen MR) is 71.0 cm³/mol. The van der Waals surface area contributed by atoms with Gasteiger partial charge in [-0.2, -0.15) is 0 Å². The molecule has 0 amide bonds. The molecule has 1 aromatic rings. The van der Waals surface area contributed by atoms with Crippen molar-refractivity contribution in [2.45, 2.75) is 64.5 Å². The van der Waals surface area contributed by atoms with Crippen LogP contribution in [0.1, 0.15) is 51.7 Å². The maximum absolute atomic E-state index is 5.41. The molecule has 2 heteroatoms. The van der Waals surface area contributed by atoms with Crippen molar-refractivity contribution in [1.82, 2.24) is 5.32 Å². The standard InChI is InChI=1S/C15H25NO/c1-3-13-7-4-5-9-15(13)16-12(2)11-14-8-6-10-17-14/h6,8,10,12-13,15-16H,3-5,7,9,11H2,1-2H3. The SMILES string of the molecule is CCC1CCCCC1NC(C)Cc1ccco1. The highest BCUT2D eigenvalue weighted by Crippen LogP contribution is 2.27. The van der Waals surface area contributed by atoms with Crippen molar-refractivity contribution in [3.63, 3.8) is 0 Å². The topological polar surface area (TPSA) is 25.2 Å². The second kappa shape index (κ2) is 6.25. The van der Waals surface area contributed by atoms with Crippen molar-refractivity contribution < 1.29 is 4.42 Å². The average molecular weight is 235 g/mol. The van der Waals surface area contributed by atoms with Gasteiger partial charge in [0.2, 0.25) is 0 Å². The van der Waals surface area contributed by atoms with E-state index in [0.29, 0.717) is 6.04 Å². The van der Waals surface area contributed by atoms with Gasteiger partial charge in [-0.05, 0) is 37.8 Å². The molecule has 1 aromatic heterocycles. The summed E-state index contributed by atoms with van der Waals surface area (Å²) in [5.41, 5.74) is 0. The van der Waals surface area contributed by atoms with Gasteiger partial charge in [0.05, 0.1) is 6.26 Å². The molecule has 17 heavy (non-hydrogen) atoms. The molecule has 1 aliphatic carbocycles. The van der Waals surface area contributed by atoms with Crippen LogP contribution in [-0.2, 0) is 6.42 Å². The van der Waals surface area contributed by atoms with E-state index >= 15 is 0 Å². The Morgan fingerprint density at radius 3 is 2.94 bits per heavy atom. The number of furan rings is 1. The highest BCUT2D eigenvalue weighted by Gasteiger charge is 2.24. The van der Waals surface area contributed by atoms with E-state index < -0.39 is 0 Å². The third-order valence-corrected chi connectivity index (χ3v) is 4.02. The molecule has 1 N–H and O–H groups in total. The third-order valence-electron chi connectivity index (χ3n) is 4.02. The molecule has 1 saturated carbocycles. The Morgan fingerprint density at radius 2 is 2.24 bits per heavy atom. The highest BCUT2D eigenvalue weighted by atomic mass is 16.3. The Bertz CT molecular complexity index is 307. The molecule has 96 valence electrons. The molecule has 1 heterocycles. The summed E-state index contributed by atoms with van der Waals surface area (Å²) in [6, 6.07) is 5.27. The zero-order valence-corrected chi connectivity index (χ0v) is 11.1. The van der Waals surface area contributed by atoms with E-state index in [1.165, 1.54) is 32.1 Å². The Hall–Kier alpha value is -0.760. The summed E-state index contributed by atoms with van der Waals surface area (Å²) in [6.45, 7) is 4.59. The maximum Gasteiger partial charge on any atom is 0.105 e. The fourth-order valence-electron chi connectivity index (χ4n) is 3.07. The van der Waals surface area contributed by atoms with E-state index in [1.807, 2.05) is 6.07 Å². The quantitative estimate of drug-likeness (QED) is 0.840. The molecule has 1 fully saturated rings. The van der Waals surface area contributed by atoms with Crippen molar-refractivity contribution in [3.05, 3.63) is 24.2 Å². The molecule has 2 rings (SSSR count). The molecule has 0 radical (unpaired) electrons. The number of rotatable bonds is 5. The van der Waals surface area contributed by atoms with Crippen LogP contribution in [0.4, 0.5) is 0 Å². The van der Waals surface area contributed by atoms with Gasteiger partial charge < -0.3 is 9.73 Å². The lowest BCUT2D eigenvalue weighted by Gasteiger charge is -2.33. The zero-order valence-electron chi connectivity index (χ0n) is 11.1. The summed E-state index contributed by atoms with van der Waals surface area (Å²) < 4.78 is 5.41. The zero-order chi connectivity index (χ0) is 12.1. The second-order valence-corrected chi connectivity index (χ2v) is 5.41. The van der Waals surface area contributed by atoms with Crippen molar-refractivity contribution in [2.24, 2.45) is 5.92 Å². The van der Waals surface area contributed by atoms with Crippen LogP contribution >= 0.6 is 0 Å². The van der Waals surface area contributed by atoms with Gasteiger partial charge in [-0.15, -0.1) is 0 Å². The van der Waals surface area contributed by atoms with Gasteiger partial charge in [-0.1, -0.05) is 26.2 Å². The molecular formula is C15H25NO. The summed E-state index contributed by atoms with van der Waals surface area (Å²) in [5, 5.41) is 3.80. The number of hydrogen-bond acceptors (Lipinski definition) is 2. The maximum atomic E-state index is 5.41. The Morgan fingerprint density at radius 1 is 1.41 bits per heavy atom. The first-order valence-corrected chi connectivity index (χ1v) is 7.08. The van der Waals surface area contributed by atoms with E-state index in [4.69, 9.17) is 4.42 Å². The molecule has 0 bridgehead atoms. The van der Waals surface area contributed by atoms with Gasteiger partial charge in [0.1, 0.15) is 5.76 Å². The van der Waals surface area contributed by atoms with E-state index in [1.54, 1.807) is 6.26 Å². The largest absolute Gasteiger partial charge is 0.469 e. The van der Waals surface area contributed by atoms with Crippen molar-refractivity contribution in [3.8, 4) is 0 Å². The summed E-state index contributed by atoms with van der Waals surface area (Å²) >= 11 is 0. The Kier molecular flexibility index (Phi) is 4.66. The lowest BCUT2D eigenvalue weighted by molar-refractivity contribution is 0.237. The molecule has 0 saturated heterocycles. The van der Waals surface area contributed by atoms with Gasteiger partial charge in [-0.25, -0.2) is 0 Å². The highest BCUT2D eigenvalue weighted by molar-refractivity contribution is 5.00. The van der Waals surface area contributed by atoms with E-state index in [2.05, 4.69) is 25.2 Å². The van der Waals surface area contributed by atoms with Crippen LogP contribution in [-0.4, -0.2) is 12.1 Å². The number of nitrogens with one attached hydrogen (secondary N) is 1. The molecule has 3 unspecified atom stereocenters. The summed E-state index contributed by atoms with van der Waals surface area (Å²) in [6.07, 6.45) is 9.64. The van der Waals surface area contributed by atoms with Crippen LogP contribution in [0, 0.1) is 5.92 Å². The average Bonchev–Trinajstić information content (AvgIpc) is 2.82. The summed E-state index contributed by atoms with van der Waals surface area (Å²) in [5.74, 6) is 1.97. The van der Waals surface area contributed by atoms with Crippen LogP contribution in [0.15, 0.2) is 22.8 Å². The Balaban J connectivity index is 1.82. The minimum absolute atomic E-state index is 0.512. The predicted octanol–water partition coefficient (Wildman–Crippen LogP) is 3.77. The van der Waals surface area contributed by atoms with Crippen molar-refractivity contribution in [1.29, 1.82) is 0 Å². The molecule has 3 atom stereocenters. The smallest absolute Gasteiger partial charge is 0.105 e. The van der Waals surface area contributed by atoms with Crippen molar-refractivity contribution in [2.75, 3.05) is 0 Å². The monoisotopic (exact) mass is 235 g/mol. The van der Waals surface area contributed by atoms with Gasteiger partial charge in [0.15, 0.2) is 0 Å². The minimum Gasteiger partial charge on any atom is -0.469 e. The molecule has 2 nitrogen and oxygen atoms in total. The summed E-state index contributed by atoms with van der Waals surface area (Å²) in [7, 11) is 0. The molecule has 1 aliphatic rings. The van der Waals surface area contributed by atoms with Crippen LogP contribution in [0.3, 0.4) is 0 Å². The van der Waals surface area contributed by atoms with E-state index in [-0.39, 0.29) is 0 Å². The van der Waals surface area contributed by atoms with E-state index in [0.717, 1.165) is 24.1 Å². The third kappa shape index (κ3) is 3.60. The van der Waals surface area contributed by atoms with Gasteiger partial charge in [0.25, 0.3) is 0 Å². The fraction of sp³-hybridized carbons (Fsp3) is 0.733. The van der Waals surface area contributed by atoms with Gasteiger partial charge in [-0.3, -0.25) is 0 Å². The number of hydrogen-bond donors (Lipinski definition) is 1. The lowest BCUT2D eigenvalue weighted by atomic mass is 9.82. The first-order chi connectivity index (χ1) is 8.29. The Labute approximate surface area is 105 Å². The molecular weight excluding hydrogens is 210 g/mol. The van der Waals surface area contributed by atoms with Crippen LogP contribution in [0.2, 0.25) is 0 Å². The lowest BCUT2D eigenvalue weighted by Crippen LogP contribution is -2.43. The fourth-order valence-corrected chi connectivity index (χ4v) is 3.07. The summed E-state index contributed by atoms with van der Waals surface area (Å²) in [4.78, 5) is 0. The molecule has 0 aliphatic heterocycles. The molecule has 0 aromatic carbocycles. The first-order valence-electron chi connectivity index (χ1n) is 7.08. The van der Waals surface area contributed by atoms with Gasteiger partial charge in [0, 0.05) is 18.5 Å². The normalized spacial score (nSPS) is 26.9. The molecule has 0 spiro atoms. The van der Waals surface area contributed by atoms with Crippen LogP contribution in [0.25, 0.3) is 0 Å². The van der Waals surface area contributed by atoms with E-state index in [9.17, 15) is 0 Å². The second-order valence-electron chi connectivity index (χ2n) is 5.41. The van der Waals surface area contributed by atoms with Crippen LogP contribution in [0.5, 0.6) is 0 Å². The van der Waals surface area contributed by atoms with Crippen molar-refractivity contribution >= 4 is 0 Å². The minimum atomic E-state index is 0.512. The van der Waals surface area contributed by atoms with Gasteiger partial charge >= 0.3 is 0 Å². The van der Waals surface area contributed by atoms with Crippen LogP contribution < -0.4 is 5.32 Å². The first kappa shape index (κ1) is 12.7.